The van der Waals surface area contributed by atoms with Crippen LogP contribution in [0.15, 0.2) is 42.5 Å². The lowest BCUT2D eigenvalue weighted by atomic mass is 10.1. The minimum Gasteiger partial charge on any atom is -0.345 e. The molecule has 1 amide bonds. The predicted octanol–water partition coefficient (Wildman–Crippen LogP) is 3.90. The number of benzene rings is 2. The molecule has 1 atom stereocenters. The van der Waals surface area contributed by atoms with Crippen molar-refractivity contribution in [1.29, 1.82) is 0 Å². The number of halogens is 2. The summed E-state index contributed by atoms with van der Waals surface area (Å²) in [5.74, 6) is -0.528. The van der Waals surface area contributed by atoms with Crippen molar-refractivity contribution >= 4 is 17.5 Å². The molecule has 0 unspecified atom stereocenters. The fourth-order valence-electron chi connectivity index (χ4n) is 2.58. The normalized spacial score (nSPS) is 16.8. The second-order valence-electron chi connectivity index (χ2n) is 4.91. The van der Waals surface area contributed by atoms with Gasteiger partial charge in [0.25, 0.3) is 5.91 Å². The quantitative estimate of drug-likeness (QED) is 0.893. The largest absolute Gasteiger partial charge is 0.345 e. The van der Waals surface area contributed by atoms with Crippen LogP contribution in [0.2, 0.25) is 5.02 Å². The Labute approximate surface area is 121 Å². The minimum absolute atomic E-state index is 0.000167. The van der Waals surface area contributed by atoms with Gasteiger partial charge in [-0.25, -0.2) is 4.39 Å². The first-order valence-corrected chi connectivity index (χ1v) is 6.86. The molecule has 0 aromatic heterocycles. The fraction of sp³-hybridized carbons (Fsp3) is 0.188. The molecular formula is C16H13ClFNO. The summed E-state index contributed by atoms with van der Waals surface area (Å²) in [4.78, 5) is 12.1. The third kappa shape index (κ3) is 2.54. The van der Waals surface area contributed by atoms with E-state index < -0.39 is 0 Å². The van der Waals surface area contributed by atoms with E-state index in [9.17, 15) is 9.18 Å². The van der Waals surface area contributed by atoms with E-state index in [-0.39, 0.29) is 17.8 Å². The molecule has 3 rings (SSSR count). The number of aryl methyl sites for hydroxylation is 1. The molecule has 0 aliphatic heterocycles. The topological polar surface area (TPSA) is 29.1 Å². The zero-order chi connectivity index (χ0) is 14.1. The zero-order valence-electron chi connectivity index (χ0n) is 10.7. The molecule has 4 heteroatoms. The van der Waals surface area contributed by atoms with Gasteiger partial charge in [-0.2, -0.15) is 0 Å². The molecule has 20 heavy (non-hydrogen) atoms. The summed E-state index contributed by atoms with van der Waals surface area (Å²) in [5.41, 5.74) is 2.76. The molecule has 1 aliphatic carbocycles. The molecule has 102 valence electrons. The van der Waals surface area contributed by atoms with Gasteiger partial charge >= 0.3 is 0 Å². The highest BCUT2D eigenvalue weighted by molar-refractivity contribution is 6.30. The smallest absolute Gasteiger partial charge is 0.251 e. The maximum Gasteiger partial charge on any atom is 0.251 e. The maximum absolute atomic E-state index is 12.8. The highest BCUT2D eigenvalue weighted by Gasteiger charge is 2.24. The summed E-state index contributed by atoms with van der Waals surface area (Å²) in [6.07, 6.45) is 1.77. The van der Waals surface area contributed by atoms with E-state index in [4.69, 9.17) is 11.6 Å². The second-order valence-corrected chi connectivity index (χ2v) is 5.35. The average molecular weight is 290 g/mol. The molecule has 2 nitrogen and oxygen atoms in total. The average Bonchev–Trinajstić information content (AvgIpc) is 2.81. The summed E-state index contributed by atoms with van der Waals surface area (Å²) in [6.45, 7) is 0. The van der Waals surface area contributed by atoms with Gasteiger partial charge in [-0.15, -0.1) is 0 Å². The van der Waals surface area contributed by atoms with Crippen molar-refractivity contribution in [3.8, 4) is 0 Å². The molecule has 0 fully saturated rings. The van der Waals surface area contributed by atoms with Crippen LogP contribution >= 0.6 is 11.6 Å². The minimum atomic E-state index is -0.345. The Morgan fingerprint density at radius 3 is 2.70 bits per heavy atom. The van der Waals surface area contributed by atoms with Gasteiger partial charge in [0.1, 0.15) is 5.82 Å². The van der Waals surface area contributed by atoms with Crippen molar-refractivity contribution in [2.24, 2.45) is 0 Å². The van der Waals surface area contributed by atoms with Crippen LogP contribution < -0.4 is 5.32 Å². The lowest BCUT2D eigenvalue weighted by Gasteiger charge is -2.14. The number of nitrogens with one attached hydrogen (secondary N) is 1. The van der Waals surface area contributed by atoms with Gasteiger partial charge in [-0.1, -0.05) is 17.7 Å². The second kappa shape index (κ2) is 5.25. The first-order valence-electron chi connectivity index (χ1n) is 6.48. The molecule has 0 radical (unpaired) electrons. The van der Waals surface area contributed by atoms with E-state index in [0.717, 1.165) is 18.4 Å². The summed E-state index contributed by atoms with van der Waals surface area (Å²) in [5, 5.41) is 3.70. The monoisotopic (exact) mass is 289 g/mol. The molecule has 2 aromatic rings. The summed E-state index contributed by atoms with van der Waals surface area (Å²) >= 11 is 5.96. The van der Waals surface area contributed by atoms with Crippen LogP contribution in [0.1, 0.15) is 33.9 Å². The van der Waals surface area contributed by atoms with Crippen LogP contribution in [0.5, 0.6) is 0 Å². The Balaban J connectivity index is 1.77. The number of hydrogen-bond donors (Lipinski definition) is 1. The van der Waals surface area contributed by atoms with Gasteiger partial charge < -0.3 is 5.32 Å². The van der Waals surface area contributed by atoms with Crippen LogP contribution in [0.3, 0.4) is 0 Å². The Bertz CT molecular complexity index is 654. The van der Waals surface area contributed by atoms with Gasteiger partial charge in [-0.3, -0.25) is 4.79 Å². The highest BCUT2D eigenvalue weighted by Crippen LogP contribution is 2.32. The Kier molecular flexibility index (Phi) is 3.45. The number of carbonyl (C=O) groups is 1. The van der Waals surface area contributed by atoms with Crippen molar-refractivity contribution in [3.05, 3.63) is 70.0 Å². The first-order chi connectivity index (χ1) is 9.63. The van der Waals surface area contributed by atoms with Gasteiger partial charge in [0.05, 0.1) is 6.04 Å². The molecule has 1 N–H and O–H groups in total. The third-order valence-corrected chi connectivity index (χ3v) is 3.83. The van der Waals surface area contributed by atoms with Gasteiger partial charge in [0.15, 0.2) is 0 Å². The number of amides is 1. The summed E-state index contributed by atoms with van der Waals surface area (Å²) < 4.78 is 12.8. The Morgan fingerprint density at radius 2 is 1.95 bits per heavy atom. The summed E-state index contributed by atoms with van der Waals surface area (Å²) in [7, 11) is 0. The van der Waals surface area contributed by atoms with E-state index in [1.807, 2.05) is 18.2 Å². The standard InChI is InChI=1S/C16H13ClFNO/c17-12-4-7-14-11(9-12)3-8-15(14)19-16(20)10-1-5-13(18)6-2-10/h1-2,4-7,9,15H,3,8H2,(H,19,20)/t15-/m0/s1. The van der Waals surface area contributed by atoms with E-state index in [0.29, 0.717) is 10.6 Å². The van der Waals surface area contributed by atoms with Crippen LogP contribution in [0.25, 0.3) is 0 Å². The van der Waals surface area contributed by atoms with Crippen LogP contribution in [-0.4, -0.2) is 5.91 Å². The van der Waals surface area contributed by atoms with Crippen molar-refractivity contribution in [2.75, 3.05) is 0 Å². The van der Waals surface area contributed by atoms with Crippen LogP contribution in [0, 0.1) is 5.82 Å². The molecule has 0 saturated carbocycles. The third-order valence-electron chi connectivity index (χ3n) is 3.59. The molecular weight excluding hydrogens is 277 g/mol. The van der Waals surface area contributed by atoms with Crippen molar-refractivity contribution in [3.63, 3.8) is 0 Å². The number of fused-ring (bicyclic) bond motifs is 1. The Morgan fingerprint density at radius 1 is 1.20 bits per heavy atom. The first kappa shape index (κ1) is 13.1. The fourth-order valence-corrected chi connectivity index (χ4v) is 2.77. The van der Waals surface area contributed by atoms with Crippen molar-refractivity contribution in [2.45, 2.75) is 18.9 Å². The van der Waals surface area contributed by atoms with Gasteiger partial charge in [0.2, 0.25) is 0 Å². The molecule has 0 heterocycles. The maximum atomic E-state index is 12.8. The van der Waals surface area contributed by atoms with Crippen molar-refractivity contribution in [1.82, 2.24) is 5.32 Å². The molecule has 2 aromatic carbocycles. The highest BCUT2D eigenvalue weighted by atomic mass is 35.5. The van der Waals surface area contributed by atoms with E-state index in [1.165, 1.54) is 29.8 Å². The van der Waals surface area contributed by atoms with Crippen molar-refractivity contribution < 1.29 is 9.18 Å². The molecule has 0 saturated heterocycles. The zero-order valence-corrected chi connectivity index (χ0v) is 11.5. The van der Waals surface area contributed by atoms with Crippen LogP contribution in [0.4, 0.5) is 4.39 Å². The van der Waals surface area contributed by atoms with E-state index >= 15 is 0 Å². The molecule has 0 spiro atoms. The number of rotatable bonds is 2. The predicted molar refractivity (Wildman–Crippen MR) is 76.4 cm³/mol. The van der Waals surface area contributed by atoms with Gasteiger partial charge in [-0.05, 0) is 60.4 Å². The molecule has 0 bridgehead atoms. The lowest BCUT2D eigenvalue weighted by Crippen LogP contribution is -2.27. The molecule has 1 aliphatic rings. The van der Waals surface area contributed by atoms with Gasteiger partial charge in [0, 0.05) is 10.6 Å². The van der Waals surface area contributed by atoms with E-state index in [2.05, 4.69) is 5.32 Å². The van der Waals surface area contributed by atoms with E-state index in [1.54, 1.807) is 0 Å². The SMILES string of the molecule is O=C(N[C@H]1CCc2cc(Cl)ccc21)c1ccc(F)cc1. The number of carbonyl (C=O) groups excluding carboxylic acids is 1. The number of hydrogen-bond acceptors (Lipinski definition) is 1. The summed E-state index contributed by atoms with van der Waals surface area (Å²) in [6, 6.07) is 11.3. The Hall–Kier alpha value is -1.87. The lowest BCUT2D eigenvalue weighted by molar-refractivity contribution is 0.0936. The van der Waals surface area contributed by atoms with Crippen LogP contribution in [-0.2, 0) is 6.42 Å².